The summed E-state index contributed by atoms with van der Waals surface area (Å²) in [7, 11) is 0. The van der Waals surface area contributed by atoms with E-state index in [-0.39, 0.29) is 5.56 Å². The smallest absolute Gasteiger partial charge is 0.337 e. The number of carboxylic acids is 1. The van der Waals surface area contributed by atoms with E-state index in [1.165, 1.54) is 6.20 Å². The van der Waals surface area contributed by atoms with Crippen molar-refractivity contribution in [1.29, 1.82) is 0 Å². The van der Waals surface area contributed by atoms with Gasteiger partial charge in [0.25, 0.3) is 0 Å². The second kappa shape index (κ2) is 6.40. The molecule has 0 spiro atoms. The average molecular weight is 344 g/mol. The van der Waals surface area contributed by atoms with Gasteiger partial charge in [0, 0.05) is 22.8 Å². The first-order chi connectivity index (χ1) is 12.7. The Morgan fingerprint density at radius 3 is 2.85 bits per heavy atom. The molecule has 0 amide bonds. The third-order valence-corrected chi connectivity index (χ3v) is 4.27. The Bertz CT molecular complexity index is 1120. The van der Waals surface area contributed by atoms with E-state index in [2.05, 4.69) is 26.9 Å². The fraction of sp³-hybridized carbons (Fsp3) is 0.100. The molecule has 0 unspecified atom stereocenters. The zero-order valence-corrected chi connectivity index (χ0v) is 14.1. The molecule has 3 heterocycles. The minimum atomic E-state index is -0.995. The SMILES string of the molecule is CCc1cccc(-c2[nH]cnc2-c2ccc3ncc(C(=O)O)cc3c2)n1. The molecule has 2 N–H and O–H groups in total. The third-order valence-electron chi connectivity index (χ3n) is 4.27. The lowest BCUT2D eigenvalue weighted by atomic mass is 10.0. The summed E-state index contributed by atoms with van der Waals surface area (Å²) in [4.78, 5) is 27.7. The molecule has 4 rings (SSSR count). The van der Waals surface area contributed by atoms with Crippen molar-refractivity contribution in [3.8, 4) is 22.6 Å². The van der Waals surface area contributed by atoms with Crippen molar-refractivity contribution in [1.82, 2.24) is 19.9 Å². The second-order valence-corrected chi connectivity index (χ2v) is 5.93. The number of aromatic amines is 1. The number of carboxylic acid groups (broad SMARTS) is 1. The van der Waals surface area contributed by atoms with E-state index < -0.39 is 5.97 Å². The molecule has 0 bridgehead atoms. The summed E-state index contributed by atoms with van der Waals surface area (Å²) in [6, 6.07) is 13.2. The maximum atomic E-state index is 11.2. The van der Waals surface area contributed by atoms with Crippen LogP contribution in [0.2, 0.25) is 0 Å². The standard InChI is InChI=1S/C20H16N4O2/c1-2-15-4-3-5-17(24-15)19-18(22-11-23-19)12-6-7-16-13(8-12)9-14(10-21-16)20(25)26/h3-11H,2H2,1H3,(H,22,23)(H,25,26). The highest BCUT2D eigenvalue weighted by molar-refractivity contribution is 5.94. The molecule has 0 radical (unpaired) electrons. The molecule has 0 saturated heterocycles. The normalized spacial score (nSPS) is 11.0. The molecule has 0 aliphatic rings. The van der Waals surface area contributed by atoms with Gasteiger partial charge < -0.3 is 10.1 Å². The van der Waals surface area contributed by atoms with Crippen LogP contribution < -0.4 is 0 Å². The van der Waals surface area contributed by atoms with Crippen LogP contribution in [0.25, 0.3) is 33.5 Å². The monoisotopic (exact) mass is 344 g/mol. The van der Waals surface area contributed by atoms with E-state index in [0.29, 0.717) is 0 Å². The largest absolute Gasteiger partial charge is 0.478 e. The number of aromatic carboxylic acids is 1. The first kappa shape index (κ1) is 16.0. The van der Waals surface area contributed by atoms with E-state index in [1.807, 2.05) is 36.4 Å². The Morgan fingerprint density at radius 1 is 1.15 bits per heavy atom. The lowest BCUT2D eigenvalue weighted by Crippen LogP contribution is -1.97. The number of imidazole rings is 1. The molecule has 0 fully saturated rings. The number of pyridine rings is 2. The number of hydrogen-bond donors (Lipinski definition) is 2. The van der Waals surface area contributed by atoms with Crippen LogP contribution in [0.3, 0.4) is 0 Å². The molecular formula is C20H16N4O2. The molecule has 3 aromatic heterocycles. The van der Waals surface area contributed by atoms with Crippen LogP contribution >= 0.6 is 0 Å². The maximum Gasteiger partial charge on any atom is 0.337 e. The van der Waals surface area contributed by atoms with Gasteiger partial charge in [-0.05, 0) is 36.8 Å². The Morgan fingerprint density at radius 2 is 2.04 bits per heavy atom. The maximum absolute atomic E-state index is 11.2. The summed E-state index contributed by atoms with van der Waals surface area (Å²) in [6.07, 6.45) is 3.86. The predicted molar refractivity (Wildman–Crippen MR) is 98.9 cm³/mol. The molecule has 0 saturated carbocycles. The van der Waals surface area contributed by atoms with Gasteiger partial charge in [-0.1, -0.05) is 19.1 Å². The van der Waals surface area contributed by atoms with E-state index in [4.69, 9.17) is 0 Å². The average Bonchev–Trinajstić information content (AvgIpc) is 3.17. The van der Waals surface area contributed by atoms with Crippen LogP contribution in [0.15, 0.2) is 55.0 Å². The predicted octanol–water partition coefficient (Wildman–Crippen LogP) is 3.95. The summed E-state index contributed by atoms with van der Waals surface area (Å²) >= 11 is 0. The summed E-state index contributed by atoms with van der Waals surface area (Å²) in [5, 5.41) is 9.93. The van der Waals surface area contributed by atoms with E-state index in [0.717, 1.165) is 45.7 Å². The molecule has 0 aliphatic heterocycles. The van der Waals surface area contributed by atoms with Gasteiger partial charge >= 0.3 is 5.97 Å². The molecular weight excluding hydrogens is 328 g/mol. The second-order valence-electron chi connectivity index (χ2n) is 5.93. The number of hydrogen-bond acceptors (Lipinski definition) is 4. The van der Waals surface area contributed by atoms with Crippen molar-refractivity contribution in [2.75, 3.05) is 0 Å². The number of H-pyrrole nitrogens is 1. The summed E-state index contributed by atoms with van der Waals surface area (Å²) in [6.45, 7) is 2.07. The number of aromatic nitrogens is 4. The first-order valence-corrected chi connectivity index (χ1v) is 8.29. The Hall–Kier alpha value is -3.54. The molecule has 0 aliphatic carbocycles. The van der Waals surface area contributed by atoms with E-state index in [9.17, 15) is 9.90 Å². The van der Waals surface area contributed by atoms with Crippen molar-refractivity contribution in [2.24, 2.45) is 0 Å². The Kier molecular flexibility index (Phi) is 3.93. The highest BCUT2D eigenvalue weighted by Crippen LogP contribution is 2.30. The lowest BCUT2D eigenvalue weighted by molar-refractivity contribution is 0.0696. The van der Waals surface area contributed by atoms with Crippen molar-refractivity contribution in [3.05, 3.63) is 66.2 Å². The topological polar surface area (TPSA) is 91.8 Å². The van der Waals surface area contributed by atoms with Crippen LogP contribution in [0.5, 0.6) is 0 Å². The Labute approximate surface area is 149 Å². The number of nitrogens with one attached hydrogen (secondary N) is 1. The van der Waals surface area contributed by atoms with Gasteiger partial charge in [0.1, 0.15) is 0 Å². The van der Waals surface area contributed by atoms with Gasteiger partial charge in [-0.25, -0.2) is 9.78 Å². The molecule has 0 atom stereocenters. The minimum absolute atomic E-state index is 0.161. The van der Waals surface area contributed by atoms with Crippen molar-refractivity contribution < 1.29 is 9.90 Å². The van der Waals surface area contributed by atoms with Gasteiger partial charge in [0.15, 0.2) is 0 Å². The highest BCUT2D eigenvalue weighted by atomic mass is 16.4. The number of rotatable bonds is 4. The van der Waals surface area contributed by atoms with Crippen LogP contribution in [-0.4, -0.2) is 31.0 Å². The fourth-order valence-electron chi connectivity index (χ4n) is 2.92. The van der Waals surface area contributed by atoms with Gasteiger partial charge in [-0.3, -0.25) is 9.97 Å². The first-order valence-electron chi connectivity index (χ1n) is 8.29. The zero-order valence-electron chi connectivity index (χ0n) is 14.1. The molecule has 128 valence electrons. The number of aryl methyl sites for hydroxylation is 1. The van der Waals surface area contributed by atoms with Crippen molar-refractivity contribution in [3.63, 3.8) is 0 Å². The Balaban J connectivity index is 1.83. The quantitative estimate of drug-likeness (QED) is 0.585. The van der Waals surface area contributed by atoms with Crippen molar-refractivity contribution >= 4 is 16.9 Å². The summed E-state index contributed by atoms with van der Waals surface area (Å²) < 4.78 is 0. The molecule has 6 heteroatoms. The van der Waals surface area contributed by atoms with Crippen LogP contribution in [0, 0.1) is 0 Å². The van der Waals surface area contributed by atoms with Gasteiger partial charge in [-0.15, -0.1) is 0 Å². The number of benzene rings is 1. The summed E-state index contributed by atoms with van der Waals surface area (Å²) in [5.41, 5.74) is 5.22. The van der Waals surface area contributed by atoms with Crippen molar-refractivity contribution in [2.45, 2.75) is 13.3 Å². The molecule has 1 aromatic carbocycles. The lowest BCUT2D eigenvalue weighted by Gasteiger charge is -2.06. The zero-order chi connectivity index (χ0) is 18.1. The fourth-order valence-corrected chi connectivity index (χ4v) is 2.92. The van der Waals surface area contributed by atoms with Crippen LogP contribution in [-0.2, 0) is 6.42 Å². The van der Waals surface area contributed by atoms with E-state index >= 15 is 0 Å². The van der Waals surface area contributed by atoms with Gasteiger partial charge in [0.2, 0.25) is 0 Å². The number of nitrogens with zero attached hydrogens (tertiary/aromatic N) is 3. The minimum Gasteiger partial charge on any atom is -0.478 e. The van der Waals surface area contributed by atoms with Gasteiger partial charge in [-0.2, -0.15) is 0 Å². The molecule has 26 heavy (non-hydrogen) atoms. The molecule has 6 nitrogen and oxygen atoms in total. The highest BCUT2D eigenvalue weighted by Gasteiger charge is 2.13. The molecule has 4 aromatic rings. The van der Waals surface area contributed by atoms with Gasteiger partial charge in [0.05, 0.1) is 34.5 Å². The summed E-state index contributed by atoms with van der Waals surface area (Å²) in [5.74, 6) is -0.995. The number of fused-ring (bicyclic) bond motifs is 1. The van der Waals surface area contributed by atoms with Crippen LogP contribution in [0.1, 0.15) is 23.0 Å². The van der Waals surface area contributed by atoms with E-state index in [1.54, 1.807) is 12.4 Å². The number of carbonyl (C=O) groups is 1. The van der Waals surface area contributed by atoms with Crippen LogP contribution in [0.4, 0.5) is 0 Å². The third kappa shape index (κ3) is 2.82.